The number of nitrogens with zero attached hydrogens (tertiary/aromatic N) is 1. The highest BCUT2D eigenvalue weighted by molar-refractivity contribution is 5.80. The second-order valence-electron chi connectivity index (χ2n) is 9.48. The standard InChI is InChI=1S/C31H33NO4/c1-34-28-22-27-26(13-14-30(33)36-27)21-29(28)35-20-8-17-32-18-15-25(16-19-32)31(23-9-4-2-5-10-23)24-11-6-3-7-12-24/h2-7,9-14,21-22,25,31H,8,15-20H2,1H3. The predicted molar refractivity (Wildman–Crippen MR) is 143 cm³/mol. The summed E-state index contributed by atoms with van der Waals surface area (Å²) in [5, 5.41) is 0.818. The maximum absolute atomic E-state index is 11.5. The number of ether oxygens (including phenoxy) is 2. The van der Waals surface area contributed by atoms with Gasteiger partial charge in [0.1, 0.15) is 5.58 Å². The van der Waals surface area contributed by atoms with Crippen molar-refractivity contribution in [1.82, 2.24) is 4.90 Å². The molecule has 0 unspecified atom stereocenters. The molecule has 1 aliphatic heterocycles. The van der Waals surface area contributed by atoms with E-state index in [1.54, 1.807) is 19.2 Å². The van der Waals surface area contributed by atoms with E-state index in [1.807, 2.05) is 6.07 Å². The average Bonchev–Trinajstić information content (AvgIpc) is 2.93. The van der Waals surface area contributed by atoms with Gasteiger partial charge in [0, 0.05) is 30.0 Å². The van der Waals surface area contributed by atoms with E-state index in [0.717, 1.165) is 31.4 Å². The first-order valence-corrected chi connectivity index (χ1v) is 12.8. The van der Waals surface area contributed by atoms with E-state index in [1.165, 1.54) is 30.0 Å². The van der Waals surface area contributed by atoms with E-state index in [0.29, 0.717) is 35.5 Å². The van der Waals surface area contributed by atoms with Gasteiger partial charge in [-0.05, 0) is 61.5 Å². The van der Waals surface area contributed by atoms with E-state index < -0.39 is 0 Å². The molecule has 1 aliphatic rings. The average molecular weight is 484 g/mol. The van der Waals surface area contributed by atoms with Gasteiger partial charge in [-0.2, -0.15) is 0 Å². The van der Waals surface area contributed by atoms with Crippen molar-refractivity contribution < 1.29 is 13.9 Å². The van der Waals surface area contributed by atoms with Gasteiger partial charge >= 0.3 is 5.63 Å². The summed E-state index contributed by atoms with van der Waals surface area (Å²) in [5.74, 6) is 2.34. The van der Waals surface area contributed by atoms with Gasteiger partial charge in [-0.1, -0.05) is 60.7 Å². The van der Waals surface area contributed by atoms with Crippen LogP contribution in [0, 0.1) is 5.92 Å². The summed E-state index contributed by atoms with van der Waals surface area (Å²) in [4.78, 5) is 14.0. The van der Waals surface area contributed by atoms with E-state index >= 15 is 0 Å². The van der Waals surface area contributed by atoms with Crippen LogP contribution in [0.4, 0.5) is 0 Å². The van der Waals surface area contributed by atoms with E-state index in [4.69, 9.17) is 13.9 Å². The molecule has 3 aromatic carbocycles. The highest BCUT2D eigenvalue weighted by Gasteiger charge is 2.28. The minimum Gasteiger partial charge on any atom is -0.493 e. The third kappa shape index (κ3) is 5.63. The summed E-state index contributed by atoms with van der Waals surface area (Å²) in [6.45, 7) is 3.84. The summed E-state index contributed by atoms with van der Waals surface area (Å²) in [5.41, 5.74) is 2.96. The van der Waals surface area contributed by atoms with Gasteiger partial charge in [0.05, 0.1) is 13.7 Å². The Morgan fingerprint density at radius 1 is 0.889 bits per heavy atom. The summed E-state index contributed by atoms with van der Waals surface area (Å²) >= 11 is 0. The lowest BCUT2D eigenvalue weighted by Gasteiger charge is -2.36. The Bertz CT molecular complexity index is 1270. The van der Waals surface area contributed by atoms with Crippen molar-refractivity contribution in [1.29, 1.82) is 0 Å². The molecule has 0 N–H and O–H groups in total. The van der Waals surface area contributed by atoms with E-state index in [2.05, 4.69) is 65.6 Å². The largest absolute Gasteiger partial charge is 0.493 e. The number of benzene rings is 3. The van der Waals surface area contributed by atoms with Gasteiger partial charge in [0.2, 0.25) is 0 Å². The Hall–Kier alpha value is -3.57. The predicted octanol–water partition coefficient (Wildman–Crippen LogP) is 6.11. The summed E-state index contributed by atoms with van der Waals surface area (Å²) in [7, 11) is 1.59. The quantitative estimate of drug-likeness (QED) is 0.212. The number of fused-ring (bicyclic) bond motifs is 1. The zero-order valence-corrected chi connectivity index (χ0v) is 20.8. The molecule has 5 rings (SSSR count). The lowest BCUT2D eigenvalue weighted by molar-refractivity contribution is 0.163. The molecule has 5 nitrogen and oxygen atoms in total. The zero-order chi connectivity index (χ0) is 24.7. The van der Waals surface area contributed by atoms with Gasteiger partial charge in [0.15, 0.2) is 11.5 Å². The topological polar surface area (TPSA) is 51.9 Å². The van der Waals surface area contributed by atoms with Gasteiger partial charge < -0.3 is 18.8 Å². The molecule has 0 bridgehead atoms. The minimum absolute atomic E-state index is 0.374. The molecule has 186 valence electrons. The van der Waals surface area contributed by atoms with Crippen LogP contribution in [0.2, 0.25) is 0 Å². The molecule has 5 heteroatoms. The molecule has 2 heterocycles. The van der Waals surface area contributed by atoms with Gasteiger partial charge in [0.25, 0.3) is 0 Å². The molecule has 0 atom stereocenters. The van der Waals surface area contributed by atoms with Crippen LogP contribution in [-0.4, -0.2) is 38.3 Å². The second kappa shape index (κ2) is 11.4. The molecule has 36 heavy (non-hydrogen) atoms. The first kappa shape index (κ1) is 24.1. The van der Waals surface area contributed by atoms with Crippen LogP contribution >= 0.6 is 0 Å². The fraction of sp³-hybridized carbons (Fsp3) is 0.323. The number of hydrogen-bond donors (Lipinski definition) is 0. The normalized spacial score (nSPS) is 14.8. The van der Waals surface area contributed by atoms with Gasteiger partial charge in [-0.25, -0.2) is 4.79 Å². The molecule has 0 radical (unpaired) electrons. The molecule has 0 aliphatic carbocycles. The zero-order valence-electron chi connectivity index (χ0n) is 20.8. The van der Waals surface area contributed by atoms with Crippen molar-refractivity contribution in [2.45, 2.75) is 25.2 Å². The molecule has 1 aromatic heterocycles. The third-order valence-electron chi connectivity index (χ3n) is 7.20. The first-order valence-electron chi connectivity index (χ1n) is 12.8. The van der Waals surface area contributed by atoms with E-state index in [9.17, 15) is 4.79 Å². The summed E-state index contributed by atoms with van der Waals surface area (Å²) in [6, 6.07) is 28.7. The SMILES string of the molecule is COc1cc2oc(=O)ccc2cc1OCCCN1CCC(C(c2ccccc2)c2ccccc2)CC1. The summed E-state index contributed by atoms with van der Waals surface area (Å²) < 4.78 is 16.8. The van der Waals surface area contributed by atoms with Crippen molar-refractivity contribution in [2.24, 2.45) is 5.92 Å². The Labute approximate surface area is 212 Å². The molecular weight excluding hydrogens is 450 g/mol. The third-order valence-corrected chi connectivity index (χ3v) is 7.20. The maximum atomic E-state index is 11.5. The monoisotopic (exact) mass is 483 g/mol. The lowest BCUT2D eigenvalue weighted by Crippen LogP contribution is -2.36. The lowest BCUT2D eigenvalue weighted by atomic mass is 9.76. The van der Waals surface area contributed by atoms with Crippen molar-refractivity contribution in [2.75, 3.05) is 33.4 Å². The van der Waals surface area contributed by atoms with Crippen LogP contribution in [0.5, 0.6) is 11.5 Å². The van der Waals surface area contributed by atoms with E-state index in [-0.39, 0.29) is 5.63 Å². The van der Waals surface area contributed by atoms with Crippen molar-refractivity contribution in [3.8, 4) is 11.5 Å². The number of methoxy groups -OCH3 is 1. The number of likely N-dealkylation sites (tertiary alicyclic amines) is 1. The Morgan fingerprint density at radius 3 is 2.19 bits per heavy atom. The smallest absolute Gasteiger partial charge is 0.336 e. The second-order valence-corrected chi connectivity index (χ2v) is 9.48. The van der Waals surface area contributed by atoms with Gasteiger partial charge in [-0.15, -0.1) is 0 Å². The number of hydrogen-bond acceptors (Lipinski definition) is 5. The van der Waals surface area contributed by atoms with Gasteiger partial charge in [-0.3, -0.25) is 0 Å². The number of rotatable bonds is 9. The molecular formula is C31H33NO4. The molecule has 4 aromatic rings. The van der Waals surface area contributed by atoms with Crippen LogP contribution in [0.15, 0.2) is 94.1 Å². The Kier molecular flexibility index (Phi) is 7.67. The minimum atomic E-state index is -0.374. The Balaban J connectivity index is 1.15. The summed E-state index contributed by atoms with van der Waals surface area (Å²) in [6.07, 6.45) is 3.33. The van der Waals surface area contributed by atoms with Crippen LogP contribution in [-0.2, 0) is 0 Å². The molecule has 0 saturated carbocycles. The molecule has 0 amide bonds. The molecule has 1 saturated heterocycles. The van der Waals surface area contributed by atoms with Crippen molar-refractivity contribution >= 4 is 11.0 Å². The fourth-order valence-electron chi connectivity index (χ4n) is 5.39. The van der Waals surface area contributed by atoms with Crippen LogP contribution in [0.3, 0.4) is 0 Å². The molecule has 0 spiro atoms. The fourth-order valence-corrected chi connectivity index (χ4v) is 5.39. The highest BCUT2D eigenvalue weighted by Crippen LogP contribution is 2.38. The Morgan fingerprint density at radius 2 is 1.56 bits per heavy atom. The van der Waals surface area contributed by atoms with Crippen molar-refractivity contribution in [3.05, 3.63) is 106 Å². The maximum Gasteiger partial charge on any atom is 0.336 e. The van der Waals surface area contributed by atoms with Crippen molar-refractivity contribution in [3.63, 3.8) is 0 Å². The van der Waals surface area contributed by atoms with Crippen LogP contribution in [0.1, 0.15) is 36.3 Å². The number of piperidine rings is 1. The first-order chi connectivity index (χ1) is 17.7. The van der Waals surface area contributed by atoms with Crippen LogP contribution in [0.25, 0.3) is 11.0 Å². The van der Waals surface area contributed by atoms with Crippen LogP contribution < -0.4 is 15.1 Å². The highest BCUT2D eigenvalue weighted by atomic mass is 16.5. The molecule has 1 fully saturated rings.